The molecule has 0 N–H and O–H groups in total. The topological polar surface area (TPSA) is 42.4 Å². The first kappa shape index (κ1) is 14.3. The Balaban J connectivity index is 1.88. The predicted molar refractivity (Wildman–Crippen MR) is 77.7 cm³/mol. The molecule has 1 aromatic heterocycles. The zero-order chi connectivity index (χ0) is 13.7. The van der Waals surface area contributed by atoms with Crippen LogP contribution < -0.4 is 4.90 Å². The van der Waals surface area contributed by atoms with Gasteiger partial charge in [0, 0.05) is 18.5 Å². The van der Waals surface area contributed by atoms with Crippen LogP contribution in [0, 0.1) is 5.92 Å². The Morgan fingerprint density at radius 2 is 2.26 bits per heavy atom. The molecule has 1 fully saturated rings. The summed E-state index contributed by atoms with van der Waals surface area (Å²) in [5.74, 6) is 0.661. The van der Waals surface area contributed by atoms with Crippen molar-refractivity contribution in [1.29, 1.82) is 0 Å². The van der Waals surface area contributed by atoms with E-state index in [2.05, 4.69) is 21.5 Å². The molecule has 0 bridgehead atoms. The highest BCUT2D eigenvalue weighted by molar-refractivity contribution is 7.13. The number of carbonyl (C=O) groups excluding carboxylic acids is 1. The van der Waals surface area contributed by atoms with Crippen molar-refractivity contribution in [3.05, 3.63) is 11.1 Å². The Labute approximate surface area is 118 Å². The van der Waals surface area contributed by atoms with E-state index >= 15 is 0 Å². The number of rotatable bonds is 5. The second-order valence-corrected chi connectivity index (χ2v) is 5.93. The Morgan fingerprint density at radius 1 is 1.53 bits per heavy atom. The van der Waals surface area contributed by atoms with E-state index in [0.717, 1.165) is 29.8 Å². The Hall–Kier alpha value is -1.10. The quantitative estimate of drug-likeness (QED) is 0.779. The lowest BCUT2D eigenvalue weighted by molar-refractivity contribution is -0.139. The van der Waals surface area contributed by atoms with Crippen molar-refractivity contribution in [3.8, 4) is 0 Å². The third-order valence-electron chi connectivity index (χ3n) is 3.67. The summed E-state index contributed by atoms with van der Waals surface area (Å²) in [6, 6.07) is 0. The summed E-state index contributed by atoms with van der Waals surface area (Å²) in [7, 11) is 1.41. The summed E-state index contributed by atoms with van der Waals surface area (Å²) in [5, 5.41) is 3.01. The largest absolute Gasteiger partial charge is 0.469 e. The first-order valence-corrected chi connectivity index (χ1v) is 7.87. The number of nitrogens with zero attached hydrogens (tertiary/aromatic N) is 2. The third-order valence-corrected chi connectivity index (χ3v) is 4.62. The molecule has 2 heterocycles. The van der Waals surface area contributed by atoms with Crippen LogP contribution in [0.5, 0.6) is 0 Å². The second kappa shape index (κ2) is 6.89. The van der Waals surface area contributed by atoms with E-state index in [-0.39, 0.29) is 12.4 Å². The fourth-order valence-corrected chi connectivity index (χ4v) is 3.44. The molecule has 0 aromatic carbocycles. The monoisotopic (exact) mass is 282 g/mol. The van der Waals surface area contributed by atoms with E-state index in [4.69, 9.17) is 0 Å². The molecule has 2 rings (SSSR count). The van der Waals surface area contributed by atoms with Gasteiger partial charge in [0.2, 0.25) is 0 Å². The molecule has 0 radical (unpaired) electrons. The number of ether oxygens (including phenoxy) is 1. The van der Waals surface area contributed by atoms with Crippen LogP contribution in [0.1, 0.15) is 38.3 Å². The lowest BCUT2D eigenvalue weighted by Gasteiger charge is -2.31. The van der Waals surface area contributed by atoms with Crippen LogP contribution in [0.25, 0.3) is 0 Å². The second-order valence-electron chi connectivity index (χ2n) is 5.09. The molecule has 1 aliphatic rings. The van der Waals surface area contributed by atoms with Crippen molar-refractivity contribution in [2.75, 3.05) is 25.1 Å². The molecule has 0 saturated carbocycles. The van der Waals surface area contributed by atoms with Gasteiger partial charge in [-0.25, -0.2) is 4.98 Å². The third kappa shape index (κ3) is 3.93. The van der Waals surface area contributed by atoms with Crippen LogP contribution in [0.4, 0.5) is 5.13 Å². The lowest BCUT2D eigenvalue weighted by atomic mass is 9.93. The number of thiazole rings is 1. The molecule has 1 aromatic rings. The van der Waals surface area contributed by atoms with Gasteiger partial charge in [0.1, 0.15) is 0 Å². The van der Waals surface area contributed by atoms with E-state index in [9.17, 15) is 4.79 Å². The smallest absolute Gasteiger partial charge is 0.311 e. The highest BCUT2D eigenvalue weighted by Gasteiger charge is 2.21. The van der Waals surface area contributed by atoms with Crippen molar-refractivity contribution in [2.24, 2.45) is 5.92 Å². The zero-order valence-corrected chi connectivity index (χ0v) is 12.5. The minimum Gasteiger partial charge on any atom is -0.469 e. The normalized spacial score (nSPS) is 16.6. The molecule has 1 saturated heterocycles. The van der Waals surface area contributed by atoms with E-state index in [0.29, 0.717) is 0 Å². The number of piperidine rings is 1. The molecule has 0 amide bonds. The van der Waals surface area contributed by atoms with Gasteiger partial charge in [0.05, 0.1) is 19.2 Å². The van der Waals surface area contributed by atoms with Crippen LogP contribution in [-0.2, 0) is 16.0 Å². The van der Waals surface area contributed by atoms with Crippen LogP contribution in [0.3, 0.4) is 0 Å². The number of anilines is 1. The molecule has 1 aliphatic heterocycles. The zero-order valence-electron chi connectivity index (χ0n) is 11.7. The molecule has 0 spiro atoms. The van der Waals surface area contributed by atoms with Gasteiger partial charge in [-0.05, 0) is 18.8 Å². The lowest BCUT2D eigenvalue weighted by Crippen LogP contribution is -2.33. The van der Waals surface area contributed by atoms with Gasteiger partial charge < -0.3 is 9.64 Å². The van der Waals surface area contributed by atoms with E-state index in [1.807, 2.05) is 5.38 Å². The van der Waals surface area contributed by atoms with Crippen molar-refractivity contribution in [2.45, 2.75) is 39.0 Å². The number of aromatic nitrogens is 1. The van der Waals surface area contributed by atoms with Gasteiger partial charge in [-0.2, -0.15) is 0 Å². The Kier molecular flexibility index (Phi) is 5.19. The first-order chi connectivity index (χ1) is 9.22. The molecule has 0 atom stereocenters. The van der Waals surface area contributed by atoms with Gasteiger partial charge in [-0.1, -0.05) is 19.8 Å². The molecule has 19 heavy (non-hydrogen) atoms. The maximum absolute atomic E-state index is 11.2. The van der Waals surface area contributed by atoms with Gasteiger partial charge >= 0.3 is 5.97 Å². The minimum absolute atomic E-state index is 0.224. The van der Waals surface area contributed by atoms with Crippen LogP contribution in [0.2, 0.25) is 0 Å². The number of hydrogen-bond donors (Lipinski definition) is 0. The average molecular weight is 282 g/mol. The summed E-state index contributed by atoms with van der Waals surface area (Å²) in [6.07, 6.45) is 5.43. The van der Waals surface area contributed by atoms with Gasteiger partial charge in [0.25, 0.3) is 0 Å². The van der Waals surface area contributed by atoms with Crippen molar-refractivity contribution >= 4 is 22.4 Å². The fraction of sp³-hybridized carbons (Fsp3) is 0.714. The number of methoxy groups -OCH3 is 1. The van der Waals surface area contributed by atoms with E-state index < -0.39 is 0 Å². The Morgan fingerprint density at radius 3 is 2.89 bits per heavy atom. The maximum Gasteiger partial charge on any atom is 0.311 e. The summed E-state index contributed by atoms with van der Waals surface area (Å²) in [5.41, 5.74) is 0.822. The Bertz CT molecular complexity index is 411. The summed E-state index contributed by atoms with van der Waals surface area (Å²) in [4.78, 5) is 18.1. The highest BCUT2D eigenvalue weighted by atomic mass is 32.1. The van der Waals surface area contributed by atoms with Gasteiger partial charge in [-0.3, -0.25) is 4.79 Å². The average Bonchev–Trinajstić information content (AvgIpc) is 2.88. The standard InChI is InChI=1S/C14H22N2O2S/c1-3-4-11-5-7-16(8-6-11)14-15-12(10-19-14)9-13(17)18-2/h10-11H,3-9H2,1-2H3. The molecular formula is C14H22N2O2S. The van der Waals surface area contributed by atoms with E-state index in [1.165, 1.54) is 32.8 Å². The van der Waals surface area contributed by atoms with Crippen molar-refractivity contribution < 1.29 is 9.53 Å². The molecule has 5 heteroatoms. The van der Waals surface area contributed by atoms with Gasteiger partial charge in [-0.15, -0.1) is 11.3 Å². The molecule has 106 valence electrons. The predicted octanol–water partition coefficient (Wildman–Crippen LogP) is 2.88. The van der Waals surface area contributed by atoms with Crippen LogP contribution in [0.15, 0.2) is 5.38 Å². The van der Waals surface area contributed by atoms with E-state index in [1.54, 1.807) is 11.3 Å². The van der Waals surface area contributed by atoms with Crippen molar-refractivity contribution in [1.82, 2.24) is 4.98 Å². The van der Waals surface area contributed by atoms with Crippen LogP contribution in [-0.4, -0.2) is 31.2 Å². The van der Waals surface area contributed by atoms with Crippen LogP contribution >= 0.6 is 11.3 Å². The molecule has 0 aliphatic carbocycles. The number of esters is 1. The fourth-order valence-electron chi connectivity index (χ4n) is 2.56. The molecular weight excluding hydrogens is 260 g/mol. The number of hydrogen-bond acceptors (Lipinski definition) is 5. The minimum atomic E-state index is -0.224. The SMILES string of the molecule is CCCC1CCN(c2nc(CC(=O)OC)cs2)CC1. The molecule has 4 nitrogen and oxygen atoms in total. The summed E-state index contributed by atoms with van der Waals surface area (Å²) < 4.78 is 4.66. The summed E-state index contributed by atoms with van der Waals surface area (Å²) >= 11 is 1.63. The molecule has 0 unspecified atom stereocenters. The number of carbonyl (C=O) groups is 1. The van der Waals surface area contributed by atoms with Crippen molar-refractivity contribution in [3.63, 3.8) is 0 Å². The summed E-state index contributed by atoms with van der Waals surface area (Å²) in [6.45, 7) is 4.44. The van der Waals surface area contributed by atoms with Gasteiger partial charge in [0.15, 0.2) is 5.13 Å². The highest BCUT2D eigenvalue weighted by Crippen LogP contribution is 2.28. The first-order valence-electron chi connectivity index (χ1n) is 6.99. The maximum atomic E-state index is 11.2.